The topological polar surface area (TPSA) is 103 Å². The Kier molecular flexibility index (Phi) is 7.35. The first-order valence-electron chi connectivity index (χ1n) is 8.19. The van der Waals surface area contributed by atoms with Crippen LogP contribution < -0.4 is 5.32 Å². The van der Waals surface area contributed by atoms with Crippen LogP contribution >= 0.6 is 15.9 Å². The Hall–Kier alpha value is -1.50. The molecule has 1 atom stereocenters. The number of piperidine rings is 1. The highest BCUT2D eigenvalue weighted by atomic mass is 79.9. The Morgan fingerprint density at radius 3 is 2.92 bits per heavy atom. The van der Waals surface area contributed by atoms with E-state index >= 15 is 0 Å². The summed E-state index contributed by atoms with van der Waals surface area (Å²) in [6, 6.07) is 5.48. The molecule has 9 heteroatoms. The van der Waals surface area contributed by atoms with Gasteiger partial charge in [-0.1, -0.05) is 0 Å². The minimum Gasteiger partial charge on any atom is -0.310 e. The van der Waals surface area contributed by atoms with E-state index < -0.39 is 10.0 Å². The summed E-state index contributed by atoms with van der Waals surface area (Å²) >= 11 is 3.28. The van der Waals surface area contributed by atoms with Crippen molar-refractivity contribution >= 4 is 37.7 Å². The minimum atomic E-state index is -3.39. The summed E-state index contributed by atoms with van der Waals surface area (Å²) < 4.78 is 27.0. The summed E-state index contributed by atoms with van der Waals surface area (Å²) in [5.74, 6) is -0.117. The lowest BCUT2D eigenvalue weighted by Gasteiger charge is -2.31. The summed E-state index contributed by atoms with van der Waals surface area (Å²) in [7, 11) is -3.39. The Bertz CT molecular complexity index is 731. The minimum absolute atomic E-state index is 0.0251. The van der Waals surface area contributed by atoms with Gasteiger partial charge in [0.15, 0.2) is 0 Å². The predicted octanol–water partition coefficient (Wildman–Crippen LogP) is 2.52. The molecule has 1 aromatic heterocycles. The second kappa shape index (κ2) is 9.27. The lowest BCUT2D eigenvalue weighted by atomic mass is 9.99. The summed E-state index contributed by atoms with van der Waals surface area (Å²) in [6.07, 6.45) is 4.30. The van der Waals surface area contributed by atoms with Gasteiger partial charge in [0, 0.05) is 30.2 Å². The van der Waals surface area contributed by atoms with Gasteiger partial charge < -0.3 is 5.32 Å². The standard InChI is InChI=1S/C16H21BrN4O3S/c17-14-6-7-15(19-11-14)20-16(22)13-5-4-9-21(12-13)25(23,24)10-3-1-2-8-18/h6-7,11,13H,1-5,9-10,12H2,(H,19,20,22). The van der Waals surface area contributed by atoms with Crippen molar-refractivity contribution < 1.29 is 13.2 Å². The number of nitrogens with zero attached hydrogens (tertiary/aromatic N) is 3. The smallest absolute Gasteiger partial charge is 0.229 e. The first-order valence-corrected chi connectivity index (χ1v) is 10.6. The van der Waals surface area contributed by atoms with Gasteiger partial charge in [-0.3, -0.25) is 4.79 Å². The van der Waals surface area contributed by atoms with Gasteiger partial charge in [0.25, 0.3) is 0 Å². The molecule has 1 N–H and O–H groups in total. The van der Waals surface area contributed by atoms with Crippen molar-refractivity contribution in [2.45, 2.75) is 32.1 Å². The zero-order valence-electron chi connectivity index (χ0n) is 13.8. The van der Waals surface area contributed by atoms with Crippen LogP contribution in [0.4, 0.5) is 5.82 Å². The van der Waals surface area contributed by atoms with Crippen molar-refractivity contribution in [3.05, 3.63) is 22.8 Å². The van der Waals surface area contributed by atoms with Crippen LogP contribution in [0.15, 0.2) is 22.8 Å². The molecule has 1 saturated heterocycles. The fraction of sp³-hybridized carbons (Fsp3) is 0.562. The van der Waals surface area contributed by atoms with Crippen LogP contribution in [0.2, 0.25) is 0 Å². The number of hydrogen-bond donors (Lipinski definition) is 1. The van der Waals surface area contributed by atoms with E-state index in [0.717, 1.165) is 4.47 Å². The highest BCUT2D eigenvalue weighted by Gasteiger charge is 2.32. The number of carbonyl (C=O) groups is 1. The molecule has 7 nitrogen and oxygen atoms in total. The van der Waals surface area contributed by atoms with Gasteiger partial charge >= 0.3 is 0 Å². The fourth-order valence-corrected chi connectivity index (χ4v) is 4.58. The second-order valence-electron chi connectivity index (χ2n) is 5.98. The molecule has 0 aliphatic carbocycles. The predicted molar refractivity (Wildman–Crippen MR) is 98.1 cm³/mol. The largest absolute Gasteiger partial charge is 0.310 e. The third kappa shape index (κ3) is 6.06. The van der Waals surface area contributed by atoms with E-state index in [1.807, 2.05) is 6.07 Å². The molecule has 2 rings (SSSR count). The number of rotatable bonds is 7. The zero-order chi connectivity index (χ0) is 18.3. The molecule has 1 amide bonds. The van der Waals surface area contributed by atoms with E-state index in [0.29, 0.717) is 44.5 Å². The molecule has 0 radical (unpaired) electrons. The van der Waals surface area contributed by atoms with Gasteiger partial charge in [-0.05, 0) is 53.7 Å². The van der Waals surface area contributed by atoms with Crippen LogP contribution in [0.1, 0.15) is 32.1 Å². The van der Waals surface area contributed by atoms with Gasteiger partial charge in [0.1, 0.15) is 5.82 Å². The normalized spacial score (nSPS) is 18.5. The summed E-state index contributed by atoms with van der Waals surface area (Å²) in [4.78, 5) is 16.5. The zero-order valence-corrected chi connectivity index (χ0v) is 16.2. The van der Waals surface area contributed by atoms with Gasteiger partial charge in [-0.2, -0.15) is 5.26 Å². The number of nitriles is 1. The van der Waals surface area contributed by atoms with E-state index in [4.69, 9.17) is 5.26 Å². The fourth-order valence-electron chi connectivity index (χ4n) is 2.70. The quantitative estimate of drug-likeness (QED) is 0.671. The maximum Gasteiger partial charge on any atom is 0.229 e. The number of aromatic nitrogens is 1. The molecular weight excluding hydrogens is 408 g/mol. The molecule has 2 heterocycles. The number of hydrogen-bond acceptors (Lipinski definition) is 5. The Balaban J connectivity index is 1.91. The van der Waals surface area contributed by atoms with Crippen molar-refractivity contribution in [1.29, 1.82) is 5.26 Å². The molecule has 1 fully saturated rings. The van der Waals surface area contributed by atoms with Crippen LogP contribution in [0.3, 0.4) is 0 Å². The van der Waals surface area contributed by atoms with E-state index in [1.165, 1.54) is 4.31 Å². The van der Waals surface area contributed by atoms with Gasteiger partial charge in [-0.25, -0.2) is 17.7 Å². The van der Waals surface area contributed by atoms with Crippen LogP contribution in [0, 0.1) is 17.2 Å². The Morgan fingerprint density at radius 1 is 1.44 bits per heavy atom. The molecule has 25 heavy (non-hydrogen) atoms. The van der Waals surface area contributed by atoms with Crippen molar-refractivity contribution in [2.24, 2.45) is 5.92 Å². The first kappa shape index (κ1) is 19.8. The number of sulfonamides is 1. The number of halogens is 1. The maximum absolute atomic E-state index is 12.4. The lowest BCUT2D eigenvalue weighted by molar-refractivity contribution is -0.120. The van der Waals surface area contributed by atoms with Crippen LogP contribution in [0.5, 0.6) is 0 Å². The van der Waals surface area contributed by atoms with E-state index in [1.54, 1.807) is 18.3 Å². The number of unbranched alkanes of at least 4 members (excludes halogenated alkanes) is 2. The third-order valence-corrected chi connectivity index (χ3v) is 6.46. The van der Waals surface area contributed by atoms with Crippen LogP contribution in [0.25, 0.3) is 0 Å². The molecule has 0 bridgehead atoms. The van der Waals surface area contributed by atoms with E-state index in [-0.39, 0.29) is 24.1 Å². The highest BCUT2D eigenvalue weighted by Crippen LogP contribution is 2.22. The molecule has 1 aliphatic rings. The Labute approximate surface area is 156 Å². The SMILES string of the molecule is N#CCCCCS(=O)(=O)N1CCCC(C(=O)Nc2ccc(Br)cn2)C1. The van der Waals surface area contributed by atoms with Gasteiger partial charge in [-0.15, -0.1) is 0 Å². The molecule has 1 aromatic rings. The van der Waals surface area contributed by atoms with Gasteiger partial charge in [0.2, 0.25) is 15.9 Å². The average molecular weight is 429 g/mol. The molecule has 1 unspecified atom stereocenters. The molecule has 0 saturated carbocycles. The summed E-state index contributed by atoms with van der Waals surface area (Å²) in [5.41, 5.74) is 0. The number of amides is 1. The van der Waals surface area contributed by atoms with E-state index in [9.17, 15) is 13.2 Å². The number of pyridine rings is 1. The van der Waals surface area contributed by atoms with Crippen molar-refractivity contribution in [3.63, 3.8) is 0 Å². The van der Waals surface area contributed by atoms with Crippen molar-refractivity contribution in [2.75, 3.05) is 24.2 Å². The first-order chi connectivity index (χ1) is 11.9. The number of carbonyl (C=O) groups excluding carboxylic acids is 1. The molecule has 136 valence electrons. The van der Waals surface area contributed by atoms with Gasteiger partial charge in [0.05, 0.1) is 17.7 Å². The maximum atomic E-state index is 12.4. The van der Waals surface area contributed by atoms with Crippen molar-refractivity contribution in [3.8, 4) is 6.07 Å². The highest BCUT2D eigenvalue weighted by molar-refractivity contribution is 9.10. The monoisotopic (exact) mass is 428 g/mol. The molecule has 1 aliphatic heterocycles. The third-order valence-electron chi connectivity index (χ3n) is 4.07. The van der Waals surface area contributed by atoms with Crippen molar-refractivity contribution in [1.82, 2.24) is 9.29 Å². The second-order valence-corrected chi connectivity index (χ2v) is 8.98. The molecule has 0 spiro atoms. The molecular formula is C16H21BrN4O3S. The van der Waals surface area contributed by atoms with Crippen LogP contribution in [-0.2, 0) is 14.8 Å². The van der Waals surface area contributed by atoms with E-state index in [2.05, 4.69) is 26.2 Å². The number of nitrogens with one attached hydrogen (secondary N) is 1. The average Bonchev–Trinajstić information content (AvgIpc) is 2.61. The Morgan fingerprint density at radius 2 is 2.24 bits per heavy atom. The molecule has 0 aromatic carbocycles. The van der Waals surface area contributed by atoms with Crippen LogP contribution in [-0.4, -0.2) is 42.5 Å². The number of anilines is 1. The lowest BCUT2D eigenvalue weighted by Crippen LogP contribution is -2.44. The summed E-state index contributed by atoms with van der Waals surface area (Å²) in [6.45, 7) is 0.643. The summed E-state index contributed by atoms with van der Waals surface area (Å²) in [5, 5.41) is 11.3.